The fourth-order valence-electron chi connectivity index (χ4n) is 2.64. The molecule has 0 radical (unpaired) electrons. The molecule has 0 rings (SSSR count). The Hall–Kier alpha value is -0.161. The van der Waals surface area contributed by atoms with Gasteiger partial charge in [0.15, 0.2) is 0 Å². The number of unbranched alkanes of at least 4 members (excludes halogenated alkanes) is 4. The van der Waals surface area contributed by atoms with E-state index in [-0.39, 0.29) is 0 Å². The minimum absolute atomic E-state index is 1.35. The molecule has 0 aromatic rings. The van der Waals surface area contributed by atoms with Gasteiger partial charge in [-0.05, 0) is 25.7 Å². The van der Waals surface area contributed by atoms with Crippen LogP contribution in [-0.2, 0) is 24.5 Å². The van der Waals surface area contributed by atoms with Crippen LogP contribution in [0.1, 0.15) is 79.1 Å². The van der Waals surface area contributed by atoms with Crippen LogP contribution in [0.5, 0.6) is 0 Å². The van der Waals surface area contributed by atoms with Crippen LogP contribution in [0.3, 0.4) is 0 Å². The second-order valence-corrected chi connectivity index (χ2v) is 7.21. The molecule has 0 aliphatic carbocycles. The topological polar surface area (TPSA) is 74.3 Å². The molecule has 0 N–H and O–H groups in total. The number of nitrogens with zero attached hydrogens (tertiary/aromatic N) is 1. The molecule has 0 heterocycles. The average Bonchev–Trinajstić information content (AvgIpc) is 2.44. The average molecular weight is 361 g/mol. The quantitative estimate of drug-likeness (QED) is 0.394. The second-order valence-electron chi connectivity index (χ2n) is 6.03. The zero-order chi connectivity index (χ0) is 17.5. The second kappa shape index (κ2) is 14.4. The van der Waals surface area contributed by atoms with Gasteiger partial charge in [0.1, 0.15) is 0 Å². The van der Waals surface area contributed by atoms with Crippen LogP contribution in [-0.4, -0.2) is 30.7 Å². The van der Waals surface area contributed by atoms with Crippen LogP contribution in [0.25, 0.3) is 0 Å². The fraction of sp³-hybridized carbons (Fsp3) is 1.00. The van der Waals surface area contributed by atoms with E-state index in [1.807, 2.05) is 0 Å². The Kier molecular flexibility index (Phi) is 15.8. The van der Waals surface area contributed by atoms with Crippen molar-refractivity contribution in [3.8, 4) is 0 Å². The van der Waals surface area contributed by atoms with Gasteiger partial charge in [-0.25, -0.2) is 0 Å². The molecule has 0 fully saturated rings. The molecule has 0 unspecified atom stereocenters. The summed E-state index contributed by atoms with van der Waals surface area (Å²) < 4.78 is 35.7. The van der Waals surface area contributed by atoms with E-state index in [4.69, 9.17) is 15.7 Å². The van der Waals surface area contributed by atoms with Gasteiger partial charge in [0.25, 0.3) is 0 Å². The van der Waals surface area contributed by atoms with Gasteiger partial charge in [0, 0.05) is 0 Å². The van der Waals surface area contributed by atoms with Crippen LogP contribution < -0.4 is 4.19 Å². The van der Waals surface area contributed by atoms with Gasteiger partial charge in [-0.3, -0.25) is 0 Å². The monoisotopic (exact) mass is 361 g/mol. The number of hydrogen-bond acceptors (Lipinski definition) is 4. The van der Waals surface area contributed by atoms with Crippen molar-refractivity contribution in [2.75, 3.05) is 26.2 Å². The van der Waals surface area contributed by atoms with E-state index in [0.29, 0.717) is 0 Å². The van der Waals surface area contributed by atoms with Crippen LogP contribution >= 0.6 is 0 Å². The molecular weight excluding hydrogens is 325 g/mol. The molecule has 0 amide bonds. The zero-order valence-electron chi connectivity index (χ0n) is 14.9. The van der Waals surface area contributed by atoms with E-state index in [1.54, 1.807) is 0 Å². The SMILES string of the molecule is CCCC[N+](CCCC)(CCCC)CCCC.[O]=[Mn](=[O])(=[O])[O-]. The van der Waals surface area contributed by atoms with Gasteiger partial charge in [-0.1, -0.05) is 53.4 Å². The minimum atomic E-state index is -5.62. The summed E-state index contributed by atoms with van der Waals surface area (Å²) in [7, 11) is 0. The van der Waals surface area contributed by atoms with E-state index in [1.165, 1.54) is 82.0 Å². The third-order valence-corrected chi connectivity index (χ3v) is 3.94. The maximum atomic E-state index is 8.58. The normalized spacial score (nSPS) is 11.9. The summed E-state index contributed by atoms with van der Waals surface area (Å²) in [5.74, 6) is 0. The van der Waals surface area contributed by atoms with Gasteiger partial charge < -0.3 is 4.48 Å². The molecule has 6 heteroatoms. The van der Waals surface area contributed by atoms with Crippen molar-refractivity contribution in [3.63, 3.8) is 0 Å². The Balaban J connectivity index is 0. The Labute approximate surface area is 138 Å². The van der Waals surface area contributed by atoms with Crippen molar-refractivity contribution in [2.24, 2.45) is 0 Å². The first kappa shape index (κ1) is 24.1. The molecule has 22 heavy (non-hydrogen) atoms. The summed E-state index contributed by atoms with van der Waals surface area (Å²) in [6.07, 6.45) is 11.1. The van der Waals surface area contributed by atoms with Crippen molar-refractivity contribution in [3.05, 3.63) is 0 Å². The Bertz CT molecular complexity index is 336. The van der Waals surface area contributed by atoms with Gasteiger partial charge in [-0.15, -0.1) is 0 Å². The van der Waals surface area contributed by atoms with Gasteiger partial charge in [0.2, 0.25) is 0 Å². The summed E-state index contributed by atoms with van der Waals surface area (Å²) in [6.45, 7) is 15.0. The zero-order valence-corrected chi connectivity index (χ0v) is 16.1. The molecule has 0 spiro atoms. The molecule has 0 atom stereocenters. The standard InChI is InChI=1S/C16H36N.Mn.4O/c1-5-9-13-17(14-10-6-2,15-11-7-3)16-12-8-4;;;;;/h5-16H2,1-4H3;;;;;/q+1;;;;;-1. The molecule has 0 aliphatic rings. The molecular formula is C16H36MnNO4. The summed E-state index contributed by atoms with van der Waals surface area (Å²) in [5, 5.41) is 0. The molecule has 5 nitrogen and oxygen atoms in total. The van der Waals surface area contributed by atoms with Crippen molar-refractivity contribution in [2.45, 2.75) is 79.1 Å². The van der Waals surface area contributed by atoms with Gasteiger partial charge in [-0.2, -0.15) is 0 Å². The van der Waals surface area contributed by atoms with E-state index in [0.717, 1.165) is 0 Å². The van der Waals surface area contributed by atoms with Gasteiger partial charge >= 0.3 is 28.7 Å². The van der Waals surface area contributed by atoms with Crippen LogP contribution in [0.2, 0.25) is 0 Å². The van der Waals surface area contributed by atoms with E-state index in [2.05, 4.69) is 27.7 Å². The van der Waals surface area contributed by atoms with Crippen molar-refractivity contribution >= 4 is 0 Å². The first-order chi connectivity index (χ1) is 10.2. The Morgan fingerprint density at radius 3 is 0.955 bits per heavy atom. The molecule has 0 bridgehead atoms. The first-order valence-electron chi connectivity index (χ1n) is 8.71. The molecule has 0 aromatic carbocycles. The molecule has 0 saturated heterocycles. The number of hydrogen-bond donors (Lipinski definition) is 0. The third kappa shape index (κ3) is 17.9. The molecule has 0 saturated carbocycles. The van der Waals surface area contributed by atoms with Crippen LogP contribution in [0, 0.1) is 0 Å². The summed E-state index contributed by atoms with van der Waals surface area (Å²) >= 11 is -5.62. The van der Waals surface area contributed by atoms with E-state index in [9.17, 15) is 0 Å². The fourth-order valence-corrected chi connectivity index (χ4v) is 2.64. The molecule has 0 aromatic heterocycles. The predicted octanol–water partition coefficient (Wildman–Crippen LogP) is 3.46. The first-order valence-corrected chi connectivity index (χ1v) is 10.6. The number of quaternary nitrogens is 1. The predicted molar refractivity (Wildman–Crippen MR) is 81.4 cm³/mol. The van der Waals surface area contributed by atoms with E-state index < -0.39 is 13.0 Å². The Morgan fingerprint density at radius 1 is 0.636 bits per heavy atom. The van der Waals surface area contributed by atoms with Crippen LogP contribution in [0.4, 0.5) is 0 Å². The van der Waals surface area contributed by atoms with Crippen molar-refractivity contribution in [1.82, 2.24) is 0 Å². The van der Waals surface area contributed by atoms with E-state index >= 15 is 0 Å². The molecule has 0 aliphatic heterocycles. The molecule has 136 valence electrons. The van der Waals surface area contributed by atoms with Crippen LogP contribution in [0.15, 0.2) is 0 Å². The number of rotatable bonds is 12. The third-order valence-electron chi connectivity index (χ3n) is 3.94. The summed E-state index contributed by atoms with van der Waals surface area (Å²) in [5.41, 5.74) is 0. The summed E-state index contributed by atoms with van der Waals surface area (Å²) in [4.78, 5) is 0. The van der Waals surface area contributed by atoms with Gasteiger partial charge in [0.05, 0.1) is 26.2 Å². The Morgan fingerprint density at radius 2 is 0.818 bits per heavy atom. The van der Waals surface area contributed by atoms with Crippen molar-refractivity contribution in [1.29, 1.82) is 0 Å². The summed E-state index contributed by atoms with van der Waals surface area (Å²) in [6, 6.07) is 0. The van der Waals surface area contributed by atoms with Crippen molar-refractivity contribution < 1.29 is 33.1 Å². The maximum absolute atomic E-state index is 8.58.